The van der Waals surface area contributed by atoms with Crippen LogP contribution in [-0.2, 0) is 19.6 Å². The molecule has 7 heteroatoms. The summed E-state index contributed by atoms with van der Waals surface area (Å²) in [5.74, 6) is -0.821. The number of halogens is 4. The van der Waals surface area contributed by atoms with Gasteiger partial charge in [0, 0.05) is 19.7 Å². The summed E-state index contributed by atoms with van der Waals surface area (Å²) in [6.07, 6.45) is -3.14. The van der Waals surface area contributed by atoms with E-state index < -0.39 is 29.2 Å². The van der Waals surface area contributed by atoms with Crippen molar-refractivity contribution in [3.63, 3.8) is 0 Å². The lowest BCUT2D eigenvalue weighted by atomic mass is 9.97. The third-order valence-corrected chi connectivity index (χ3v) is 2.87. The van der Waals surface area contributed by atoms with Gasteiger partial charge in [-0.15, -0.1) is 0 Å². The summed E-state index contributed by atoms with van der Waals surface area (Å²) >= 11 is 0. The molecule has 1 aromatic carbocycles. The molecule has 0 aliphatic heterocycles. The predicted molar refractivity (Wildman–Crippen MR) is 63.3 cm³/mol. The largest absolute Gasteiger partial charge is 0.416 e. The Kier molecular flexibility index (Phi) is 3.80. The van der Waals surface area contributed by atoms with E-state index >= 15 is 0 Å². The molecule has 1 unspecified atom stereocenters. The van der Waals surface area contributed by atoms with Crippen molar-refractivity contribution in [3.05, 3.63) is 53.1 Å². The lowest BCUT2D eigenvalue weighted by molar-refractivity contribution is -0.139. The Morgan fingerprint density at radius 3 is 2.60 bits per heavy atom. The van der Waals surface area contributed by atoms with Crippen LogP contribution in [0.3, 0.4) is 0 Å². The van der Waals surface area contributed by atoms with E-state index in [-0.39, 0.29) is 6.42 Å². The summed E-state index contributed by atoms with van der Waals surface area (Å²) in [6, 6.07) is 2.07. The normalized spacial score (nSPS) is 13.5. The fraction of sp³-hybridized carbons (Fsp3) is 0.308. The third-order valence-electron chi connectivity index (χ3n) is 2.87. The number of benzene rings is 1. The van der Waals surface area contributed by atoms with Gasteiger partial charge in [0.15, 0.2) is 0 Å². The molecule has 0 amide bonds. The Labute approximate surface area is 112 Å². The first kappa shape index (κ1) is 14.5. The van der Waals surface area contributed by atoms with E-state index in [1.807, 2.05) is 0 Å². The molecule has 0 fully saturated rings. The van der Waals surface area contributed by atoms with E-state index in [1.54, 1.807) is 13.2 Å². The Bertz CT molecular complexity index is 607. The average Bonchev–Trinajstić information content (AvgIpc) is 2.73. The second-order valence-electron chi connectivity index (χ2n) is 4.47. The van der Waals surface area contributed by atoms with Crippen molar-refractivity contribution < 1.29 is 22.7 Å². The summed E-state index contributed by atoms with van der Waals surface area (Å²) in [7, 11) is 1.65. The van der Waals surface area contributed by atoms with E-state index in [0.29, 0.717) is 17.7 Å². The van der Waals surface area contributed by atoms with Gasteiger partial charge in [0.1, 0.15) is 5.82 Å². The average molecular weight is 288 g/mol. The minimum Gasteiger partial charge on any atom is -0.388 e. The number of aliphatic hydroxyl groups excluding tert-OH is 1. The number of aryl methyl sites for hydroxylation is 1. The van der Waals surface area contributed by atoms with Crippen LogP contribution in [0.25, 0.3) is 0 Å². The highest BCUT2D eigenvalue weighted by molar-refractivity contribution is 5.33. The molecule has 1 atom stereocenters. The van der Waals surface area contributed by atoms with Crippen LogP contribution in [-0.4, -0.2) is 14.9 Å². The van der Waals surface area contributed by atoms with E-state index in [1.165, 1.54) is 10.9 Å². The molecule has 0 saturated carbocycles. The monoisotopic (exact) mass is 288 g/mol. The highest BCUT2D eigenvalue weighted by atomic mass is 19.4. The van der Waals surface area contributed by atoms with Crippen LogP contribution in [0.4, 0.5) is 17.6 Å². The van der Waals surface area contributed by atoms with Gasteiger partial charge in [-0.1, -0.05) is 0 Å². The quantitative estimate of drug-likeness (QED) is 0.882. The Morgan fingerprint density at radius 1 is 1.35 bits per heavy atom. The van der Waals surface area contributed by atoms with Crippen molar-refractivity contribution >= 4 is 0 Å². The number of aromatic nitrogens is 2. The molecule has 0 radical (unpaired) electrons. The lowest BCUT2D eigenvalue weighted by Crippen LogP contribution is -2.13. The van der Waals surface area contributed by atoms with Gasteiger partial charge < -0.3 is 5.11 Å². The molecule has 108 valence electrons. The zero-order valence-corrected chi connectivity index (χ0v) is 10.5. The molecule has 2 aromatic rings. The molecule has 1 aromatic heterocycles. The second-order valence-corrected chi connectivity index (χ2v) is 4.47. The maximum atomic E-state index is 13.1. The molecule has 20 heavy (non-hydrogen) atoms. The maximum Gasteiger partial charge on any atom is 0.416 e. The molecule has 1 heterocycles. The summed E-state index contributed by atoms with van der Waals surface area (Å²) < 4.78 is 53.1. The number of aliphatic hydroxyl groups is 1. The van der Waals surface area contributed by atoms with Crippen LogP contribution in [0.15, 0.2) is 30.6 Å². The van der Waals surface area contributed by atoms with Gasteiger partial charge in [0.2, 0.25) is 0 Å². The number of hydrogen-bond acceptors (Lipinski definition) is 2. The smallest absolute Gasteiger partial charge is 0.388 e. The molecule has 0 spiro atoms. The zero-order valence-electron chi connectivity index (χ0n) is 10.5. The topological polar surface area (TPSA) is 38.0 Å². The number of nitrogens with zero attached hydrogens (tertiary/aromatic N) is 2. The third kappa shape index (κ3) is 3.16. The van der Waals surface area contributed by atoms with Crippen LogP contribution in [0.5, 0.6) is 0 Å². The number of hydrogen-bond donors (Lipinski definition) is 1. The Hall–Kier alpha value is -1.89. The second kappa shape index (κ2) is 5.24. The predicted octanol–water partition coefficient (Wildman–Crippen LogP) is 2.85. The number of rotatable bonds is 3. The first-order valence-corrected chi connectivity index (χ1v) is 5.79. The van der Waals surface area contributed by atoms with E-state index in [4.69, 9.17) is 0 Å². The lowest BCUT2D eigenvalue weighted by Gasteiger charge is -2.17. The molecule has 1 N–H and O–H groups in total. The van der Waals surface area contributed by atoms with Crippen molar-refractivity contribution in [2.75, 3.05) is 0 Å². The van der Waals surface area contributed by atoms with Crippen molar-refractivity contribution in [2.24, 2.45) is 7.05 Å². The van der Waals surface area contributed by atoms with Gasteiger partial charge in [0.25, 0.3) is 0 Å². The van der Waals surface area contributed by atoms with Gasteiger partial charge in [-0.25, -0.2) is 4.39 Å². The van der Waals surface area contributed by atoms with Crippen LogP contribution < -0.4 is 0 Å². The first-order chi connectivity index (χ1) is 9.27. The SMILES string of the molecule is Cn1cc(CC(O)c2cc(F)ccc2C(F)(F)F)cn1. The molecule has 3 nitrogen and oxygen atoms in total. The number of alkyl halides is 3. The minimum atomic E-state index is -4.64. The minimum absolute atomic E-state index is 0.0691. The molecule has 0 bridgehead atoms. The molecule has 0 aliphatic carbocycles. The summed E-state index contributed by atoms with van der Waals surface area (Å²) in [4.78, 5) is 0. The zero-order chi connectivity index (χ0) is 14.9. The molecule has 0 saturated heterocycles. The first-order valence-electron chi connectivity index (χ1n) is 5.79. The van der Waals surface area contributed by atoms with E-state index in [0.717, 1.165) is 6.07 Å². The van der Waals surface area contributed by atoms with Gasteiger partial charge >= 0.3 is 6.18 Å². The maximum absolute atomic E-state index is 13.1. The fourth-order valence-corrected chi connectivity index (χ4v) is 1.98. The van der Waals surface area contributed by atoms with Crippen molar-refractivity contribution in [1.82, 2.24) is 9.78 Å². The molecular formula is C13H12F4N2O. The summed E-state index contributed by atoms with van der Waals surface area (Å²) in [5, 5.41) is 13.8. The van der Waals surface area contributed by atoms with E-state index in [9.17, 15) is 22.7 Å². The van der Waals surface area contributed by atoms with Crippen LogP contribution in [0, 0.1) is 5.82 Å². The van der Waals surface area contributed by atoms with Crippen LogP contribution >= 0.6 is 0 Å². The fourth-order valence-electron chi connectivity index (χ4n) is 1.98. The van der Waals surface area contributed by atoms with Gasteiger partial charge in [0.05, 0.1) is 17.9 Å². The van der Waals surface area contributed by atoms with Gasteiger partial charge in [-0.3, -0.25) is 4.68 Å². The summed E-state index contributed by atoms with van der Waals surface area (Å²) in [6.45, 7) is 0. The Morgan fingerprint density at radius 2 is 2.05 bits per heavy atom. The summed E-state index contributed by atoms with van der Waals surface area (Å²) in [5.41, 5.74) is -0.936. The van der Waals surface area contributed by atoms with E-state index in [2.05, 4.69) is 5.10 Å². The Balaban J connectivity index is 2.33. The van der Waals surface area contributed by atoms with Gasteiger partial charge in [-0.05, 0) is 29.3 Å². The van der Waals surface area contributed by atoms with Gasteiger partial charge in [-0.2, -0.15) is 18.3 Å². The van der Waals surface area contributed by atoms with Crippen molar-refractivity contribution in [1.29, 1.82) is 0 Å². The molecule has 2 rings (SSSR count). The van der Waals surface area contributed by atoms with Crippen LogP contribution in [0.2, 0.25) is 0 Å². The van der Waals surface area contributed by atoms with Crippen LogP contribution in [0.1, 0.15) is 22.8 Å². The molecular weight excluding hydrogens is 276 g/mol. The standard InChI is InChI=1S/C13H12F4N2O/c1-19-7-8(6-18-19)4-12(20)10-5-9(14)2-3-11(10)13(15,16)17/h2-3,5-7,12,20H,4H2,1H3. The molecule has 0 aliphatic rings. The highest BCUT2D eigenvalue weighted by Crippen LogP contribution is 2.35. The van der Waals surface area contributed by atoms with Crippen molar-refractivity contribution in [3.8, 4) is 0 Å². The van der Waals surface area contributed by atoms with Crippen molar-refractivity contribution in [2.45, 2.75) is 18.7 Å². The highest BCUT2D eigenvalue weighted by Gasteiger charge is 2.35.